The second kappa shape index (κ2) is 5.48. The summed E-state index contributed by atoms with van der Waals surface area (Å²) in [5, 5.41) is 8.64. The molecule has 3 N–H and O–H groups in total. The molecule has 0 saturated carbocycles. The van der Waals surface area contributed by atoms with E-state index in [1.807, 2.05) is 24.3 Å². The largest absolute Gasteiger partial charge is 0.480 e. The van der Waals surface area contributed by atoms with Crippen LogP contribution in [-0.4, -0.2) is 24.2 Å². The van der Waals surface area contributed by atoms with Crippen LogP contribution in [0.3, 0.4) is 0 Å². The molecule has 1 rings (SSSR count). The quantitative estimate of drug-likeness (QED) is 0.752. The number of carboxylic acid groups (broad SMARTS) is 1. The summed E-state index contributed by atoms with van der Waals surface area (Å²) in [5.74, 6) is -0.976. The predicted molar refractivity (Wildman–Crippen MR) is 56.5 cm³/mol. The van der Waals surface area contributed by atoms with Gasteiger partial charge in [0, 0.05) is 7.11 Å². The maximum Gasteiger partial charge on any atom is 0.320 e. The van der Waals surface area contributed by atoms with Crippen LogP contribution in [-0.2, 0) is 22.6 Å². The summed E-state index contributed by atoms with van der Waals surface area (Å²) in [6, 6.07) is 6.73. The van der Waals surface area contributed by atoms with E-state index in [9.17, 15) is 4.79 Å². The van der Waals surface area contributed by atoms with E-state index in [1.54, 1.807) is 7.11 Å². The van der Waals surface area contributed by atoms with Crippen molar-refractivity contribution in [2.75, 3.05) is 7.11 Å². The fourth-order valence-electron chi connectivity index (χ4n) is 1.28. The van der Waals surface area contributed by atoms with Gasteiger partial charge in [0.1, 0.15) is 6.04 Å². The number of hydrogen-bond acceptors (Lipinski definition) is 3. The molecule has 0 aliphatic rings. The van der Waals surface area contributed by atoms with Gasteiger partial charge >= 0.3 is 5.97 Å². The van der Waals surface area contributed by atoms with E-state index in [1.165, 1.54) is 0 Å². The first-order chi connectivity index (χ1) is 7.13. The standard InChI is InChI=1S/C11H15NO3/c1-15-7-9-4-2-8(3-5-9)6-10(12)11(13)14/h2-5,10H,6-7,12H2,1H3,(H,13,14). The van der Waals surface area contributed by atoms with Crippen molar-refractivity contribution in [3.8, 4) is 0 Å². The molecule has 0 saturated heterocycles. The van der Waals surface area contributed by atoms with Gasteiger partial charge < -0.3 is 15.6 Å². The van der Waals surface area contributed by atoms with Gasteiger partial charge in [-0.05, 0) is 17.5 Å². The molecule has 82 valence electrons. The van der Waals surface area contributed by atoms with Crippen LogP contribution in [0.2, 0.25) is 0 Å². The van der Waals surface area contributed by atoms with Crippen molar-refractivity contribution in [3.05, 3.63) is 35.4 Å². The Balaban J connectivity index is 2.60. The predicted octanol–water partition coefficient (Wildman–Crippen LogP) is 0.787. The summed E-state index contributed by atoms with van der Waals surface area (Å²) in [4.78, 5) is 10.5. The zero-order valence-corrected chi connectivity index (χ0v) is 8.64. The van der Waals surface area contributed by atoms with E-state index < -0.39 is 12.0 Å². The van der Waals surface area contributed by atoms with Crippen molar-refractivity contribution < 1.29 is 14.6 Å². The van der Waals surface area contributed by atoms with E-state index in [4.69, 9.17) is 15.6 Å². The molecule has 1 unspecified atom stereocenters. The smallest absolute Gasteiger partial charge is 0.320 e. The second-order valence-electron chi connectivity index (χ2n) is 3.40. The summed E-state index contributed by atoms with van der Waals surface area (Å²) in [5.41, 5.74) is 7.40. The SMILES string of the molecule is COCc1ccc(CC(N)C(=O)O)cc1. The Morgan fingerprint density at radius 1 is 1.40 bits per heavy atom. The lowest BCUT2D eigenvalue weighted by atomic mass is 10.1. The van der Waals surface area contributed by atoms with E-state index in [2.05, 4.69) is 0 Å². The highest BCUT2D eigenvalue weighted by molar-refractivity contribution is 5.73. The van der Waals surface area contributed by atoms with Crippen LogP contribution in [0.1, 0.15) is 11.1 Å². The van der Waals surface area contributed by atoms with Crippen molar-refractivity contribution in [1.29, 1.82) is 0 Å². The molecule has 0 radical (unpaired) electrons. The first-order valence-electron chi connectivity index (χ1n) is 4.68. The summed E-state index contributed by atoms with van der Waals surface area (Å²) < 4.78 is 4.97. The molecule has 0 heterocycles. The van der Waals surface area contributed by atoms with Crippen molar-refractivity contribution in [3.63, 3.8) is 0 Å². The minimum atomic E-state index is -0.976. The molecule has 1 aromatic carbocycles. The van der Waals surface area contributed by atoms with Gasteiger partial charge in [-0.2, -0.15) is 0 Å². The van der Waals surface area contributed by atoms with Crippen molar-refractivity contribution >= 4 is 5.97 Å². The van der Waals surface area contributed by atoms with Gasteiger partial charge in [-0.3, -0.25) is 4.79 Å². The minimum absolute atomic E-state index is 0.350. The molecular formula is C11H15NO3. The van der Waals surface area contributed by atoms with E-state index in [0.29, 0.717) is 13.0 Å². The normalized spacial score (nSPS) is 12.4. The minimum Gasteiger partial charge on any atom is -0.480 e. The highest BCUT2D eigenvalue weighted by Gasteiger charge is 2.11. The monoisotopic (exact) mass is 209 g/mol. The molecule has 0 aliphatic heterocycles. The van der Waals surface area contributed by atoms with Crippen LogP contribution < -0.4 is 5.73 Å². The van der Waals surface area contributed by atoms with Crippen LogP contribution in [0.15, 0.2) is 24.3 Å². The number of nitrogens with two attached hydrogens (primary N) is 1. The number of ether oxygens (including phenoxy) is 1. The highest BCUT2D eigenvalue weighted by atomic mass is 16.5. The summed E-state index contributed by atoms with van der Waals surface area (Å²) in [6.45, 7) is 0.561. The molecular weight excluding hydrogens is 194 g/mol. The van der Waals surface area contributed by atoms with Gasteiger partial charge in [0.05, 0.1) is 6.61 Å². The molecule has 0 amide bonds. The van der Waals surface area contributed by atoms with Crippen molar-refractivity contribution in [2.45, 2.75) is 19.1 Å². The third-order valence-electron chi connectivity index (χ3n) is 2.11. The lowest BCUT2D eigenvalue weighted by Crippen LogP contribution is -2.32. The Kier molecular flexibility index (Phi) is 4.27. The van der Waals surface area contributed by atoms with Gasteiger partial charge in [-0.1, -0.05) is 24.3 Å². The molecule has 1 atom stereocenters. The Hall–Kier alpha value is -1.39. The Bertz CT molecular complexity index is 321. The third-order valence-corrected chi connectivity index (χ3v) is 2.11. The molecule has 0 fully saturated rings. The number of benzene rings is 1. The van der Waals surface area contributed by atoms with Gasteiger partial charge in [0.25, 0.3) is 0 Å². The van der Waals surface area contributed by atoms with Crippen LogP contribution in [0.25, 0.3) is 0 Å². The van der Waals surface area contributed by atoms with Gasteiger partial charge in [-0.25, -0.2) is 0 Å². The lowest BCUT2D eigenvalue weighted by Gasteiger charge is -2.07. The highest BCUT2D eigenvalue weighted by Crippen LogP contribution is 2.07. The van der Waals surface area contributed by atoms with Crippen molar-refractivity contribution in [2.24, 2.45) is 5.73 Å². The first-order valence-corrected chi connectivity index (χ1v) is 4.68. The molecule has 0 spiro atoms. The summed E-state index contributed by atoms with van der Waals surface area (Å²) >= 11 is 0. The molecule has 0 aliphatic carbocycles. The maximum absolute atomic E-state index is 10.5. The Morgan fingerprint density at radius 3 is 2.40 bits per heavy atom. The molecule has 0 bridgehead atoms. The van der Waals surface area contributed by atoms with Crippen molar-refractivity contribution in [1.82, 2.24) is 0 Å². The topological polar surface area (TPSA) is 72.5 Å². The zero-order chi connectivity index (χ0) is 11.3. The van der Waals surface area contributed by atoms with Crippen LogP contribution in [0, 0.1) is 0 Å². The molecule has 0 aromatic heterocycles. The van der Waals surface area contributed by atoms with Crippen LogP contribution in [0.4, 0.5) is 0 Å². The molecule has 15 heavy (non-hydrogen) atoms. The fraction of sp³-hybridized carbons (Fsp3) is 0.364. The number of hydrogen-bond donors (Lipinski definition) is 2. The third kappa shape index (κ3) is 3.69. The number of carbonyl (C=O) groups is 1. The van der Waals surface area contributed by atoms with E-state index in [0.717, 1.165) is 11.1 Å². The van der Waals surface area contributed by atoms with Gasteiger partial charge in [0.15, 0.2) is 0 Å². The zero-order valence-electron chi connectivity index (χ0n) is 8.64. The number of rotatable bonds is 5. The average Bonchev–Trinajstić information content (AvgIpc) is 2.21. The summed E-state index contributed by atoms with van der Waals surface area (Å²) in [7, 11) is 1.63. The number of carboxylic acids is 1. The number of aliphatic carboxylic acids is 1. The lowest BCUT2D eigenvalue weighted by molar-refractivity contribution is -0.138. The second-order valence-corrected chi connectivity index (χ2v) is 3.40. The van der Waals surface area contributed by atoms with Crippen LogP contribution >= 0.6 is 0 Å². The Labute approximate surface area is 88.7 Å². The molecule has 4 heteroatoms. The summed E-state index contributed by atoms with van der Waals surface area (Å²) in [6.07, 6.45) is 0.350. The molecule has 1 aromatic rings. The molecule has 4 nitrogen and oxygen atoms in total. The van der Waals surface area contributed by atoms with Gasteiger partial charge in [-0.15, -0.1) is 0 Å². The van der Waals surface area contributed by atoms with Crippen LogP contribution in [0.5, 0.6) is 0 Å². The average molecular weight is 209 g/mol. The van der Waals surface area contributed by atoms with Gasteiger partial charge in [0.2, 0.25) is 0 Å². The maximum atomic E-state index is 10.5. The van der Waals surface area contributed by atoms with E-state index >= 15 is 0 Å². The Morgan fingerprint density at radius 2 is 1.93 bits per heavy atom. The van der Waals surface area contributed by atoms with E-state index in [-0.39, 0.29) is 0 Å². The first kappa shape index (κ1) is 11.7. The fourth-order valence-corrected chi connectivity index (χ4v) is 1.28. The number of methoxy groups -OCH3 is 1.